The van der Waals surface area contributed by atoms with Crippen LogP contribution in [0.5, 0.6) is 0 Å². The third kappa shape index (κ3) is 5.38. The molecular weight excluding hydrogens is 440 g/mol. The fourth-order valence-electron chi connectivity index (χ4n) is 4.45. The van der Waals surface area contributed by atoms with Gasteiger partial charge in [0.1, 0.15) is 6.04 Å². The summed E-state index contributed by atoms with van der Waals surface area (Å²) in [5.74, 6) is -0.356. The molecular formula is C27H28N6O2. The van der Waals surface area contributed by atoms with Crippen molar-refractivity contribution in [3.05, 3.63) is 95.9 Å². The van der Waals surface area contributed by atoms with Gasteiger partial charge in [-0.25, -0.2) is 0 Å². The molecule has 1 saturated heterocycles. The number of H-pyrrole nitrogens is 1. The predicted molar refractivity (Wildman–Crippen MR) is 134 cm³/mol. The summed E-state index contributed by atoms with van der Waals surface area (Å²) in [4.78, 5) is 34.0. The van der Waals surface area contributed by atoms with Crippen molar-refractivity contribution in [2.75, 3.05) is 32.7 Å². The standard InChI is InChI=1S/C27H28N6O2/c34-26(22-9-8-20-10-13-28-24(20)19-22)30-25(21-5-2-1-3-6-21)27(35)33-17-15-32(16-18-33)14-11-23-7-4-12-29-31-23/h1-10,12-13,19,25,28H,11,14-18H2,(H,30,34)/t25-/m1/s1. The van der Waals surface area contributed by atoms with Gasteiger partial charge in [0.15, 0.2) is 0 Å². The van der Waals surface area contributed by atoms with Gasteiger partial charge >= 0.3 is 0 Å². The summed E-state index contributed by atoms with van der Waals surface area (Å²) in [6, 6.07) is 20.0. The number of hydrogen-bond acceptors (Lipinski definition) is 5. The van der Waals surface area contributed by atoms with Crippen molar-refractivity contribution in [2.24, 2.45) is 0 Å². The largest absolute Gasteiger partial charge is 0.361 e. The molecule has 3 heterocycles. The second-order valence-electron chi connectivity index (χ2n) is 8.73. The molecule has 1 atom stereocenters. The van der Waals surface area contributed by atoms with Crippen LogP contribution in [0.4, 0.5) is 0 Å². The maximum Gasteiger partial charge on any atom is 0.252 e. The molecule has 0 spiro atoms. The van der Waals surface area contributed by atoms with E-state index in [1.54, 1.807) is 12.3 Å². The molecule has 2 amide bonds. The molecule has 0 bridgehead atoms. The van der Waals surface area contributed by atoms with Gasteiger partial charge in [-0.3, -0.25) is 14.5 Å². The molecule has 0 unspecified atom stereocenters. The summed E-state index contributed by atoms with van der Waals surface area (Å²) in [6.45, 7) is 3.68. The molecule has 178 valence electrons. The molecule has 2 aromatic heterocycles. The Bertz CT molecular complexity index is 1280. The van der Waals surface area contributed by atoms with Crippen LogP contribution >= 0.6 is 0 Å². The summed E-state index contributed by atoms with van der Waals surface area (Å²) in [5, 5.41) is 12.1. The second kappa shape index (κ2) is 10.5. The summed E-state index contributed by atoms with van der Waals surface area (Å²) >= 11 is 0. The zero-order valence-electron chi connectivity index (χ0n) is 19.4. The Morgan fingerprint density at radius 2 is 1.80 bits per heavy atom. The number of rotatable bonds is 7. The molecule has 4 aromatic rings. The molecule has 1 aliphatic heterocycles. The summed E-state index contributed by atoms with van der Waals surface area (Å²) in [5.41, 5.74) is 3.15. The number of hydrogen-bond donors (Lipinski definition) is 2. The van der Waals surface area contributed by atoms with Crippen molar-refractivity contribution in [1.29, 1.82) is 0 Å². The van der Waals surface area contributed by atoms with E-state index in [1.807, 2.05) is 71.8 Å². The number of fused-ring (bicyclic) bond motifs is 1. The number of carbonyl (C=O) groups is 2. The Labute approximate surface area is 204 Å². The number of aromatic amines is 1. The average molecular weight is 469 g/mol. The molecule has 8 nitrogen and oxygen atoms in total. The summed E-state index contributed by atoms with van der Waals surface area (Å²) < 4.78 is 0. The lowest BCUT2D eigenvalue weighted by Crippen LogP contribution is -2.52. The smallest absolute Gasteiger partial charge is 0.252 e. The van der Waals surface area contributed by atoms with Gasteiger partial charge in [0.2, 0.25) is 5.91 Å². The fourth-order valence-corrected chi connectivity index (χ4v) is 4.45. The molecule has 5 rings (SSSR count). The van der Waals surface area contributed by atoms with Crippen LogP contribution in [-0.2, 0) is 11.2 Å². The maximum atomic E-state index is 13.6. The molecule has 0 saturated carbocycles. The van der Waals surface area contributed by atoms with Crippen LogP contribution in [-0.4, -0.2) is 69.5 Å². The van der Waals surface area contributed by atoms with E-state index in [2.05, 4.69) is 25.4 Å². The van der Waals surface area contributed by atoms with E-state index in [-0.39, 0.29) is 11.8 Å². The van der Waals surface area contributed by atoms with Gasteiger partial charge in [-0.05, 0) is 41.3 Å². The highest BCUT2D eigenvalue weighted by atomic mass is 16.2. The maximum absolute atomic E-state index is 13.6. The molecule has 35 heavy (non-hydrogen) atoms. The van der Waals surface area contributed by atoms with E-state index < -0.39 is 6.04 Å². The van der Waals surface area contributed by atoms with Crippen LogP contribution in [0.2, 0.25) is 0 Å². The SMILES string of the molecule is O=C(N[C@@H](C(=O)N1CCN(CCc2cccnn2)CC1)c1ccccc1)c1ccc2cc[nH]c2c1. The first kappa shape index (κ1) is 22.7. The third-order valence-electron chi connectivity index (χ3n) is 6.47. The second-order valence-corrected chi connectivity index (χ2v) is 8.73. The Hall–Kier alpha value is -4.04. The van der Waals surface area contributed by atoms with Crippen molar-refractivity contribution in [2.45, 2.75) is 12.5 Å². The summed E-state index contributed by atoms with van der Waals surface area (Å²) in [6.07, 6.45) is 4.35. The van der Waals surface area contributed by atoms with Crippen molar-refractivity contribution in [3.8, 4) is 0 Å². The number of carbonyl (C=O) groups excluding carboxylic acids is 2. The topological polar surface area (TPSA) is 94.2 Å². The van der Waals surface area contributed by atoms with Crippen LogP contribution in [0.3, 0.4) is 0 Å². The minimum Gasteiger partial charge on any atom is -0.361 e. The number of benzene rings is 2. The van der Waals surface area contributed by atoms with Crippen LogP contribution in [0.1, 0.15) is 27.7 Å². The minimum absolute atomic E-state index is 0.0842. The molecule has 8 heteroatoms. The molecule has 2 N–H and O–H groups in total. The van der Waals surface area contributed by atoms with Crippen LogP contribution in [0.25, 0.3) is 10.9 Å². The number of amides is 2. The molecule has 0 aliphatic carbocycles. The lowest BCUT2D eigenvalue weighted by Gasteiger charge is -2.36. The van der Waals surface area contributed by atoms with Gasteiger partial charge < -0.3 is 15.2 Å². The average Bonchev–Trinajstić information content (AvgIpc) is 3.39. The van der Waals surface area contributed by atoms with Gasteiger partial charge in [0, 0.05) is 62.6 Å². The Morgan fingerprint density at radius 3 is 2.57 bits per heavy atom. The van der Waals surface area contributed by atoms with Gasteiger partial charge in [-0.2, -0.15) is 10.2 Å². The number of aromatic nitrogens is 3. The first-order chi connectivity index (χ1) is 17.2. The lowest BCUT2D eigenvalue weighted by molar-refractivity contribution is -0.135. The first-order valence-corrected chi connectivity index (χ1v) is 11.9. The van der Waals surface area contributed by atoms with Crippen LogP contribution in [0.15, 0.2) is 79.1 Å². The zero-order valence-corrected chi connectivity index (χ0v) is 19.4. The third-order valence-corrected chi connectivity index (χ3v) is 6.47. The zero-order chi connectivity index (χ0) is 24.0. The van der Waals surface area contributed by atoms with E-state index in [0.29, 0.717) is 18.7 Å². The van der Waals surface area contributed by atoms with Gasteiger partial charge in [-0.15, -0.1) is 0 Å². The van der Waals surface area contributed by atoms with Crippen LogP contribution in [0, 0.1) is 0 Å². The number of nitrogens with one attached hydrogen (secondary N) is 2. The molecule has 1 fully saturated rings. The van der Waals surface area contributed by atoms with Gasteiger partial charge in [0.25, 0.3) is 5.91 Å². The highest BCUT2D eigenvalue weighted by molar-refractivity contribution is 6.00. The Morgan fingerprint density at radius 1 is 0.971 bits per heavy atom. The van der Waals surface area contributed by atoms with Crippen molar-refractivity contribution >= 4 is 22.7 Å². The fraction of sp³-hybridized carbons (Fsp3) is 0.259. The number of nitrogens with zero attached hydrogens (tertiary/aromatic N) is 4. The molecule has 0 radical (unpaired) electrons. The van der Waals surface area contributed by atoms with E-state index in [4.69, 9.17) is 0 Å². The van der Waals surface area contributed by atoms with E-state index in [0.717, 1.165) is 48.2 Å². The van der Waals surface area contributed by atoms with Crippen molar-refractivity contribution in [3.63, 3.8) is 0 Å². The molecule has 2 aromatic carbocycles. The normalized spacial score (nSPS) is 15.1. The van der Waals surface area contributed by atoms with E-state index in [9.17, 15) is 9.59 Å². The van der Waals surface area contributed by atoms with Gasteiger partial charge in [0.05, 0.1) is 5.69 Å². The Balaban J connectivity index is 1.25. The predicted octanol–water partition coefficient (Wildman–Crippen LogP) is 2.82. The summed E-state index contributed by atoms with van der Waals surface area (Å²) in [7, 11) is 0. The first-order valence-electron chi connectivity index (χ1n) is 11.9. The molecule has 1 aliphatic rings. The monoisotopic (exact) mass is 468 g/mol. The van der Waals surface area contributed by atoms with Crippen molar-refractivity contribution in [1.82, 2.24) is 30.3 Å². The van der Waals surface area contributed by atoms with Gasteiger partial charge in [-0.1, -0.05) is 36.4 Å². The highest BCUT2D eigenvalue weighted by Crippen LogP contribution is 2.20. The Kier molecular flexibility index (Phi) is 6.81. The van der Waals surface area contributed by atoms with E-state index in [1.165, 1.54) is 0 Å². The number of piperazine rings is 1. The van der Waals surface area contributed by atoms with E-state index >= 15 is 0 Å². The lowest BCUT2D eigenvalue weighted by atomic mass is 10.0. The highest BCUT2D eigenvalue weighted by Gasteiger charge is 2.30. The van der Waals surface area contributed by atoms with Crippen molar-refractivity contribution < 1.29 is 9.59 Å². The van der Waals surface area contributed by atoms with Crippen LogP contribution < -0.4 is 5.32 Å². The quantitative estimate of drug-likeness (QED) is 0.435. The minimum atomic E-state index is -0.741.